The lowest BCUT2D eigenvalue weighted by molar-refractivity contribution is -0.131. The zero-order valence-corrected chi connectivity index (χ0v) is 12.4. The van der Waals surface area contributed by atoms with Gasteiger partial charge >= 0.3 is 5.97 Å². The Morgan fingerprint density at radius 3 is 2.86 bits per heavy atom. The minimum atomic E-state index is -1.14. The summed E-state index contributed by atoms with van der Waals surface area (Å²) in [6.45, 7) is 3.38. The normalized spacial score (nSPS) is 19.0. The number of thioether (sulfide) groups is 1. The number of carboxylic acid groups (broad SMARTS) is 1. The van der Waals surface area contributed by atoms with Gasteiger partial charge in [0.1, 0.15) is 5.82 Å². The fraction of sp³-hybridized carbons (Fsp3) is 0.333. The van der Waals surface area contributed by atoms with Crippen LogP contribution in [0.3, 0.4) is 0 Å². The molecule has 6 heteroatoms. The first-order chi connectivity index (χ1) is 9.97. The highest BCUT2D eigenvalue weighted by Gasteiger charge is 2.22. The molecule has 1 heterocycles. The van der Waals surface area contributed by atoms with Gasteiger partial charge < -0.3 is 10.0 Å². The van der Waals surface area contributed by atoms with Crippen LogP contribution in [-0.4, -0.2) is 46.0 Å². The van der Waals surface area contributed by atoms with Crippen molar-refractivity contribution in [3.05, 3.63) is 41.2 Å². The molecular weight excluding hydrogens is 293 g/mol. The minimum Gasteiger partial charge on any atom is -0.478 e. The molecule has 1 aromatic carbocycles. The molecule has 1 aliphatic heterocycles. The molecule has 1 amide bonds. The van der Waals surface area contributed by atoms with Crippen LogP contribution in [-0.2, 0) is 4.79 Å². The Labute approximate surface area is 126 Å². The number of halogens is 1. The van der Waals surface area contributed by atoms with E-state index >= 15 is 0 Å². The highest BCUT2D eigenvalue weighted by Crippen LogP contribution is 2.20. The van der Waals surface area contributed by atoms with Crippen LogP contribution in [0.5, 0.6) is 0 Å². The van der Waals surface area contributed by atoms with Crippen molar-refractivity contribution < 1.29 is 19.1 Å². The van der Waals surface area contributed by atoms with Gasteiger partial charge in [-0.15, -0.1) is 0 Å². The number of benzene rings is 1. The minimum absolute atomic E-state index is 0.150. The fourth-order valence-electron chi connectivity index (χ4n) is 2.14. The Hall–Kier alpha value is -1.82. The summed E-state index contributed by atoms with van der Waals surface area (Å²) in [5.74, 6) is -1.04. The van der Waals surface area contributed by atoms with Gasteiger partial charge in [-0.05, 0) is 18.2 Å². The average Bonchev–Trinajstić information content (AvgIpc) is 2.45. The van der Waals surface area contributed by atoms with Crippen molar-refractivity contribution in [2.45, 2.75) is 12.2 Å². The summed E-state index contributed by atoms with van der Waals surface area (Å²) >= 11 is 1.82. The molecule has 0 aliphatic carbocycles. The van der Waals surface area contributed by atoms with Crippen LogP contribution in [0.4, 0.5) is 4.39 Å². The van der Waals surface area contributed by atoms with Crippen LogP contribution >= 0.6 is 11.8 Å². The second-order valence-corrected chi connectivity index (χ2v) is 6.39. The molecule has 1 aliphatic rings. The van der Waals surface area contributed by atoms with Gasteiger partial charge in [0.05, 0.1) is 0 Å². The number of rotatable bonds is 3. The predicted molar refractivity (Wildman–Crippen MR) is 80.9 cm³/mol. The van der Waals surface area contributed by atoms with E-state index in [4.69, 9.17) is 5.11 Å². The van der Waals surface area contributed by atoms with Crippen molar-refractivity contribution in [3.63, 3.8) is 0 Å². The van der Waals surface area contributed by atoms with Crippen molar-refractivity contribution in [2.75, 3.05) is 18.8 Å². The van der Waals surface area contributed by atoms with Gasteiger partial charge in [0.2, 0.25) is 0 Å². The highest BCUT2D eigenvalue weighted by molar-refractivity contribution is 7.99. The first-order valence-electron chi connectivity index (χ1n) is 6.59. The monoisotopic (exact) mass is 309 g/mol. The number of hydrogen-bond acceptors (Lipinski definition) is 3. The fourth-order valence-corrected chi connectivity index (χ4v) is 3.16. The molecule has 112 valence electrons. The molecule has 1 aromatic rings. The maximum absolute atomic E-state index is 13.9. The Balaban J connectivity index is 2.15. The molecule has 0 aromatic heterocycles. The summed E-state index contributed by atoms with van der Waals surface area (Å²) < 4.78 is 13.9. The lowest BCUT2D eigenvalue weighted by Gasteiger charge is -2.30. The Kier molecular flexibility index (Phi) is 5.01. The van der Waals surface area contributed by atoms with E-state index in [1.165, 1.54) is 18.2 Å². The summed E-state index contributed by atoms with van der Waals surface area (Å²) in [4.78, 5) is 24.5. The van der Waals surface area contributed by atoms with Gasteiger partial charge in [0.25, 0.3) is 5.91 Å². The Morgan fingerprint density at radius 1 is 1.48 bits per heavy atom. The molecule has 0 spiro atoms. The number of amides is 1. The van der Waals surface area contributed by atoms with Crippen molar-refractivity contribution in [1.82, 2.24) is 4.90 Å². The standard InChI is InChI=1S/C15H16FNO3S/c1-10-9-17(6-7-21-10)15(20)12-3-2-11(13(16)8-12)4-5-14(18)19/h2-5,8,10H,6-7,9H2,1H3,(H,18,19)/b5-4+. The van der Waals surface area contributed by atoms with Crippen LogP contribution in [0.15, 0.2) is 24.3 Å². The predicted octanol–water partition coefficient (Wildman–Crippen LogP) is 2.50. The van der Waals surface area contributed by atoms with Crippen LogP contribution in [0.1, 0.15) is 22.8 Å². The largest absolute Gasteiger partial charge is 0.478 e. The van der Waals surface area contributed by atoms with Crippen LogP contribution in [0.2, 0.25) is 0 Å². The number of aliphatic carboxylic acids is 1. The van der Waals surface area contributed by atoms with Crippen molar-refractivity contribution in [2.24, 2.45) is 0 Å². The van der Waals surface area contributed by atoms with E-state index in [-0.39, 0.29) is 11.5 Å². The number of carboxylic acids is 1. The SMILES string of the molecule is CC1CN(C(=O)c2ccc(/C=C/C(=O)O)c(F)c2)CCS1. The first-order valence-corrected chi connectivity index (χ1v) is 7.63. The Bertz CT molecular complexity index is 588. The maximum Gasteiger partial charge on any atom is 0.328 e. The summed E-state index contributed by atoms with van der Waals surface area (Å²) in [7, 11) is 0. The third-order valence-corrected chi connectivity index (χ3v) is 4.32. The third-order valence-electron chi connectivity index (χ3n) is 3.18. The third kappa shape index (κ3) is 4.07. The summed E-state index contributed by atoms with van der Waals surface area (Å²) in [5.41, 5.74) is 0.440. The van der Waals surface area contributed by atoms with E-state index in [1.807, 2.05) is 11.8 Å². The summed E-state index contributed by atoms with van der Waals surface area (Å²) in [6, 6.07) is 4.11. The summed E-state index contributed by atoms with van der Waals surface area (Å²) in [6.07, 6.45) is 2.04. The van der Waals surface area contributed by atoms with E-state index in [2.05, 4.69) is 6.92 Å². The quantitative estimate of drug-likeness (QED) is 0.872. The van der Waals surface area contributed by atoms with E-state index in [0.29, 0.717) is 23.9 Å². The second kappa shape index (κ2) is 6.76. The molecular formula is C15H16FNO3S. The topological polar surface area (TPSA) is 57.6 Å². The molecule has 1 N–H and O–H groups in total. The highest BCUT2D eigenvalue weighted by atomic mass is 32.2. The molecule has 4 nitrogen and oxygen atoms in total. The van der Waals surface area contributed by atoms with Gasteiger partial charge in [-0.2, -0.15) is 11.8 Å². The van der Waals surface area contributed by atoms with E-state index in [9.17, 15) is 14.0 Å². The van der Waals surface area contributed by atoms with Gasteiger partial charge in [0, 0.05) is 41.3 Å². The molecule has 2 rings (SSSR count). The van der Waals surface area contributed by atoms with Crippen molar-refractivity contribution >= 4 is 29.7 Å². The van der Waals surface area contributed by atoms with Gasteiger partial charge in [-0.3, -0.25) is 4.79 Å². The van der Waals surface area contributed by atoms with E-state index < -0.39 is 11.8 Å². The number of nitrogens with zero attached hydrogens (tertiary/aromatic N) is 1. The molecule has 1 unspecified atom stereocenters. The van der Waals surface area contributed by atoms with E-state index in [1.54, 1.807) is 4.90 Å². The molecule has 0 saturated carbocycles. The van der Waals surface area contributed by atoms with E-state index in [0.717, 1.165) is 17.9 Å². The van der Waals surface area contributed by atoms with Crippen LogP contribution < -0.4 is 0 Å². The first kappa shape index (κ1) is 15.6. The number of carbonyl (C=O) groups is 2. The molecule has 0 bridgehead atoms. The van der Waals surface area contributed by atoms with Crippen LogP contribution in [0.25, 0.3) is 6.08 Å². The summed E-state index contributed by atoms with van der Waals surface area (Å²) in [5, 5.41) is 8.91. The van der Waals surface area contributed by atoms with Gasteiger partial charge in [-0.1, -0.05) is 13.0 Å². The lowest BCUT2D eigenvalue weighted by atomic mass is 10.1. The Morgan fingerprint density at radius 2 is 2.24 bits per heavy atom. The van der Waals surface area contributed by atoms with Gasteiger partial charge in [0.15, 0.2) is 0 Å². The molecule has 21 heavy (non-hydrogen) atoms. The molecule has 1 fully saturated rings. The molecule has 0 radical (unpaired) electrons. The average molecular weight is 309 g/mol. The second-order valence-electron chi connectivity index (χ2n) is 4.84. The van der Waals surface area contributed by atoms with Crippen molar-refractivity contribution in [1.29, 1.82) is 0 Å². The zero-order chi connectivity index (χ0) is 15.4. The lowest BCUT2D eigenvalue weighted by Crippen LogP contribution is -2.41. The number of carbonyl (C=O) groups excluding carboxylic acids is 1. The van der Waals surface area contributed by atoms with Crippen LogP contribution in [0, 0.1) is 5.82 Å². The molecule has 1 saturated heterocycles. The number of hydrogen-bond donors (Lipinski definition) is 1. The van der Waals surface area contributed by atoms with Crippen molar-refractivity contribution in [3.8, 4) is 0 Å². The smallest absolute Gasteiger partial charge is 0.328 e. The zero-order valence-electron chi connectivity index (χ0n) is 11.6. The maximum atomic E-state index is 13.9. The molecule has 1 atom stereocenters. The van der Waals surface area contributed by atoms with Gasteiger partial charge in [-0.25, -0.2) is 9.18 Å².